The minimum Gasteiger partial charge on any atom is -0.494 e. The molecule has 0 aliphatic rings. The molecule has 0 saturated heterocycles. The zero-order chi connectivity index (χ0) is 10.4. The highest BCUT2D eigenvalue weighted by atomic mass is 16.5. The minimum absolute atomic E-state index is 0.727. The number of hydrogen-bond donors (Lipinski definition) is 0. The van der Waals surface area contributed by atoms with Crippen molar-refractivity contribution in [1.29, 1.82) is 0 Å². The van der Waals surface area contributed by atoms with Crippen molar-refractivity contribution in [3.63, 3.8) is 0 Å². The molecule has 1 nitrogen and oxygen atoms in total. The molecule has 0 fully saturated rings. The summed E-state index contributed by atoms with van der Waals surface area (Å²) in [6, 6.07) is 8.29. The Bertz CT molecular complexity index is 285. The monoisotopic (exact) mass is 190 g/mol. The van der Waals surface area contributed by atoms with Crippen LogP contribution >= 0.6 is 0 Å². The Morgan fingerprint density at radius 2 is 1.93 bits per heavy atom. The number of ether oxygens (including phenoxy) is 1. The van der Waals surface area contributed by atoms with Crippen LogP contribution in [0.4, 0.5) is 0 Å². The summed E-state index contributed by atoms with van der Waals surface area (Å²) >= 11 is 0. The van der Waals surface area contributed by atoms with Crippen LogP contribution in [0.15, 0.2) is 36.4 Å². The summed E-state index contributed by atoms with van der Waals surface area (Å²) in [4.78, 5) is 0. The Kier molecular flexibility index (Phi) is 4.24. The van der Waals surface area contributed by atoms with Gasteiger partial charge in [-0.25, -0.2) is 0 Å². The van der Waals surface area contributed by atoms with Gasteiger partial charge in [0.15, 0.2) is 0 Å². The van der Waals surface area contributed by atoms with Crippen LogP contribution in [-0.4, -0.2) is 6.61 Å². The van der Waals surface area contributed by atoms with Crippen LogP contribution in [0.5, 0.6) is 5.75 Å². The van der Waals surface area contributed by atoms with E-state index in [1.165, 1.54) is 11.1 Å². The maximum Gasteiger partial charge on any atom is 0.119 e. The minimum atomic E-state index is 0.727. The Labute approximate surface area is 86.4 Å². The standard InChI is InChI=1S/C13H18O/c1-4-14-13-9-7-12(8-10-13)6-5-11(2)3/h7-10H,2,4-6H2,1,3H3. The molecule has 1 rings (SSSR count). The molecule has 1 aromatic rings. The second kappa shape index (κ2) is 5.48. The highest BCUT2D eigenvalue weighted by Gasteiger charge is 1.95. The molecule has 0 unspecified atom stereocenters. The van der Waals surface area contributed by atoms with Gasteiger partial charge in [-0.15, -0.1) is 6.58 Å². The van der Waals surface area contributed by atoms with Crippen molar-refractivity contribution in [2.75, 3.05) is 6.61 Å². The first kappa shape index (κ1) is 10.8. The number of allylic oxidation sites excluding steroid dienone is 1. The smallest absolute Gasteiger partial charge is 0.119 e. The first-order valence-corrected chi connectivity index (χ1v) is 5.08. The largest absolute Gasteiger partial charge is 0.494 e. The van der Waals surface area contributed by atoms with E-state index < -0.39 is 0 Å². The highest BCUT2D eigenvalue weighted by Crippen LogP contribution is 2.14. The third-order valence-electron chi connectivity index (χ3n) is 2.07. The first-order valence-electron chi connectivity index (χ1n) is 5.08. The molecule has 1 heteroatoms. The van der Waals surface area contributed by atoms with Gasteiger partial charge in [0.2, 0.25) is 0 Å². The molecule has 0 bridgehead atoms. The molecule has 0 heterocycles. The molecular formula is C13H18O. The van der Waals surface area contributed by atoms with Crippen LogP contribution in [-0.2, 0) is 6.42 Å². The van der Waals surface area contributed by atoms with Crippen LogP contribution in [0.2, 0.25) is 0 Å². The predicted octanol–water partition coefficient (Wildman–Crippen LogP) is 3.59. The molecule has 0 amide bonds. The van der Waals surface area contributed by atoms with E-state index in [1.54, 1.807) is 0 Å². The van der Waals surface area contributed by atoms with Crippen LogP contribution in [0.3, 0.4) is 0 Å². The van der Waals surface area contributed by atoms with Gasteiger partial charge in [-0.1, -0.05) is 17.7 Å². The summed E-state index contributed by atoms with van der Waals surface area (Å²) in [5.41, 5.74) is 2.58. The van der Waals surface area contributed by atoms with Crippen molar-refractivity contribution >= 4 is 0 Å². The topological polar surface area (TPSA) is 9.23 Å². The fourth-order valence-corrected chi connectivity index (χ4v) is 1.28. The molecule has 0 aliphatic carbocycles. The Balaban J connectivity index is 2.50. The second-order valence-electron chi connectivity index (χ2n) is 3.53. The lowest BCUT2D eigenvalue weighted by Gasteiger charge is -2.04. The molecular weight excluding hydrogens is 172 g/mol. The third kappa shape index (κ3) is 3.65. The van der Waals surface area contributed by atoms with Gasteiger partial charge in [0.25, 0.3) is 0 Å². The lowest BCUT2D eigenvalue weighted by Crippen LogP contribution is -1.92. The lowest BCUT2D eigenvalue weighted by atomic mass is 10.1. The summed E-state index contributed by atoms with van der Waals surface area (Å²) < 4.78 is 5.37. The quantitative estimate of drug-likeness (QED) is 0.645. The van der Waals surface area contributed by atoms with Crippen LogP contribution in [0.25, 0.3) is 0 Å². The molecule has 1 aromatic carbocycles. The molecule has 0 spiro atoms. The Hall–Kier alpha value is -1.24. The SMILES string of the molecule is C=C(C)CCc1ccc(OCC)cc1. The van der Waals surface area contributed by atoms with Crippen molar-refractivity contribution in [2.45, 2.75) is 26.7 Å². The van der Waals surface area contributed by atoms with Gasteiger partial charge in [-0.3, -0.25) is 0 Å². The van der Waals surface area contributed by atoms with Gasteiger partial charge in [-0.05, 0) is 44.4 Å². The van der Waals surface area contributed by atoms with Gasteiger partial charge in [-0.2, -0.15) is 0 Å². The van der Waals surface area contributed by atoms with Crippen molar-refractivity contribution in [2.24, 2.45) is 0 Å². The van der Waals surface area contributed by atoms with Gasteiger partial charge in [0.1, 0.15) is 5.75 Å². The molecule has 0 atom stereocenters. The number of hydrogen-bond acceptors (Lipinski definition) is 1. The average molecular weight is 190 g/mol. The molecule has 76 valence electrons. The number of aryl methyl sites for hydroxylation is 1. The van der Waals surface area contributed by atoms with Crippen LogP contribution in [0.1, 0.15) is 25.8 Å². The fraction of sp³-hybridized carbons (Fsp3) is 0.385. The zero-order valence-corrected chi connectivity index (χ0v) is 9.05. The maximum absolute atomic E-state index is 5.37. The fourth-order valence-electron chi connectivity index (χ4n) is 1.28. The molecule has 0 aliphatic heterocycles. The summed E-state index contributed by atoms with van der Waals surface area (Å²) in [6.45, 7) is 8.68. The maximum atomic E-state index is 5.37. The molecule has 0 radical (unpaired) electrons. The first-order chi connectivity index (χ1) is 6.72. The van der Waals surface area contributed by atoms with Crippen molar-refractivity contribution < 1.29 is 4.74 Å². The number of rotatable bonds is 5. The van der Waals surface area contributed by atoms with Gasteiger partial charge < -0.3 is 4.74 Å². The lowest BCUT2D eigenvalue weighted by molar-refractivity contribution is 0.340. The second-order valence-corrected chi connectivity index (χ2v) is 3.53. The van der Waals surface area contributed by atoms with E-state index in [1.807, 2.05) is 19.1 Å². The van der Waals surface area contributed by atoms with E-state index >= 15 is 0 Å². The summed E-state index contributed by atoms with van der Waals surface area (Å²) in [7, 11) is 0. The summed E-state index contributed by atoms with van der Waals surface area (Å²) in [5, 5.41) is 0. The Morgan fingerprint density at radius 1 is 1.29 bits per heavy atom. The summed E-state index contributed by atoms with van der Waals surface area (Å²) in [5.74, 6) is 0.951. The Morgan fingerprint density at radius 3 is 2.43 bits per heavy atom. The molecule has 14 heavy (non-hydrogen) atoms. The van der Waals surface area contributed by atoms with Crippen molar-refractivity contribution in [3.05, 3.63) is 42.0 Å². The molecule has 0 saturated carbocycles. The van der Waals surface area contributed by atoms with E-state index in [0.29, 0.717) is 0 Å². The molecule has 0 aromatic heterocycles. The van der Waals surface area contributed by atoms with Gasteiger partial charge >= 0.3 is 0 Å². The van der Waals surface area contributed by atoms with E-state index in [4.69, 9.17) is 4.74 Å². The van der Waals surface area contributed by atoms with Crippen molar-refractivity contribution in [1.82, 2.24) is 0 Å². The normalized spacial score (nSPS) is 9.86. The van der Waals surface area contributed by atoms with E-state index in [-0.39, 0.29) is 0 Å². The van der Waals surface area contributed by atoms with E-state index in [0.717, 1.165) is 25.2 Å². The zero-order valence-electron chi connectivity index (χ0n) is 9.05. The van der Waals surface area contributed by atoms with Gasteiger partial charge in [0.05, 0.1) is 6.61 Å². The number of benzene rings is 1. The van der Waals surface area contributed by atoms with Crippen molar-refractivity contribution in [3.8, 4) is 5.75 Å². The van der Waals surface area contributed by atoms with Crippen LogP contribution < -0.4 is 4.74 Å². The van der Waals surface area contributed by atoms with E-state index in [9.17, 15) is 0 Å². The molecule has 0 N–H and O–H groups in total. The van der Waals surface area contributed by atoms with Gasteiger partial charge in [0, 0.05) is 0 Å². The third-order valence-corrected chi connectivity index (χ3v) is 2.07. The highest BCUT2D eigenvalue weighted by molar-refractivity contribution is 5.27. The predicted molar refractivity (Wildman–Crippen MR) is 60.7 cm³/mol. The van der Waals surface area contributed by atoms with Crippen LogP contribution in [0, 0.1) is 0 Å². The average Bonchev–Trinajstić information content (AvgIpc) is 2.17. The van der Waals surface area contributed by atoms with E-state index in [2.05, 4.69) is 25.6 Å². The summed E-state index contributed by atoms with van der Waals surface area (Å²) in [6.07, 6.45) is 2.13.